The third-order valence-electron chi connectivity index (χ3n) is 3.76. The van der Waals surface area contributed by atoms with Gasteiger partial charge in [-0.05, 0) is 31.5 Å². The molecule has 0 saturated carbocycles. The third-order valence-corrected chi connectivity index (χ3v) is 3.76. The van der Waals surface area contributed by atoms with Crippen LogP contribution in [0.25, 0.3) is 0 Å². The number of amides is 1. The number of carbonyl (C=O) groups is 1. The molecule has 1 aliphatic rings. The van der Waals surface area contributed by atoms with Crippen LogP contribution >= 0.6 is 0 Å². The highest BCUT2D eigenvalue weighted by Gasteiger charge is 2.26. The lowest BCUT2D eigenvalue weighted by Gasteiger charge is -2.22. The second kappa shape index (κ2) is 7.33. The summed E-state index contributed by atoms with van der Waals surface area (Å²) in [7, 11) is 3.56. The molecular formula is C15H21N3O4. The molecule has 22 heavy (non-hydrogen) atoms. The first-order valence-corrected chi connectivity index (χ1v) is 7.28. The van der Waals surface area contributed by atoms with Crippen molar-refractivity contribution in [3.63, 3.8) is 0 Å². The van der Waals surface area contributed by atoms with Crippen molar-refractivity contribution in [3.05, 3.63) is 33.9 Å². The van der Waals surface area contributed by atoms with E-state index in [0.29, 0.717) is 26.1 Å². The van der Waals surface area contributed by atoms with Crippen LogP contribution in [0.1, 0.15) is 12.0 Å². The number of nitro benzene ring substituents is 1. The molecule has 0 unspecified atom stereocenters. The SMILES string of the molecule is COCCCN(C)CC(=O)N1CCc2cc([N+](=O)[O-])ccc21. The summed E-state index contributed by atoms with van der Waals surface area (Å²) in [5.74, 6) is 0.0209. The van der Waals surface area contributed by atoms with Gasteiger partial charge in [0.1, 0.15) is 0 Å². The molecule has 1 aliphatic heterocycles. The van der Waals surface area contributed by atoms with E-state index in [9.17, 15) is 14.9 Å². The average Bonchev–Trinajstić information content (AvgIpc) is 2.90. The van der Waals surface area contributed by atoms with Gasteiger partial charge in [-0.15, -0.1) is 0 Å². The molecule has 1 heterocycles. The number of ether oxygens (including phenoxy) is 1. The van der Waals surface area contributed by atoms with Gasteiger partial charge in [0.2, 0.25) is 5.91 Å². The Morgan fingerprint density at radius 3 is 2.95 bits per heavy atom. The van der Waals surface area contributed by atoms with E-state index >= 15 is 0 Å². The number of nitrogens with zero attached hydrogens (tertiary/aromatic N) is 3. The third kappa shape index (κ3) is 3.80. The Bertz CT molecular complexity index is 562. The Kier molecular flexibility index (Phi) is 5.46. The van der Waals surface area contributed by atoms with Crippen molar-refractivity contribution in [2.75, 3.05) is 45.3 Å². The van der Waals surface area contributed by atoms with Crippen molar-refractivity contribution in [2.45, 2.75) is 12.8 Å². The van der Waals surface area contributed by atoms with Gasteiger partial charge in [0.15, 0.2) is 0 Å². The Hall–Kier alpha value is -1.99. The van der Waals surface area contributed by atoms with Crippen LogP contribution in [-0.2, 0) is 16.0 Å². The number of non-ortho nitro benzene ring substituents is 1. The van der Waals surface area contributed by atoms with Crippen LogP contribution in [0.15, 0.2) is 18.2 Å². The molecule has 1 amide bonds. The van der Waals surface area contributed by atoms with Crippen LogP contribution < -0.4 is 4.90 Å². The molecule has 0 aliphatic carbocycles. The quantitative estimate of drug-likeness (QED) is 0.433. The number of carbonyl (C=O) groups excluding carboxylic acids is 1. The lowest BCUT2D eigenvalue weighted by molar-refractivity contribution is -0.384. The zero-order chi connectivity index (χ0) is 16.1. The van der Waals surface area contributed by atoms with Crippen LogP contribution in [0.3, 0.4) is 0 Å². The Labute approximate surface area is 129 Å². The summed E-state index contributed by atoms with van der Waals surface area (Å²) in [6, 6.07) is 4.68. The predicted molar refractivity (Wildman–Crippen MR) is 83.1 cm³/mol. The maximum atomic E-state index is 12.4. The van der Waals surface area contributed by atoms with Crippen molar-refractivity contribution < 1.29 is 14.5 Å². The number of nitro groups is 1. The number of benzene rings is 1. The van der Waals surface area contributed by atoms with Crippen LogP contribution in [-0.4, -0.2) is 56.1 Å². The van der Waals surface area contributed by atoms with Gasteiger partial charge in [-0.3, -0.25) is 19.8 Å². The number of hydrogen-bond acceptors (Lipinski definition) is 5. The van der Waals surface area contributed by atoms with E-state index in [-0.39, 0.29) is 11.6 Å². The van der Waals surface area contributed by atoms with Crippen LogP contribution in [0.5, 0.6) is 0 Å². The highest BCUT2D eigenvalue weighted by Crippen LogP contribution is 2.31. The van der Waals surface area contributed by atoms with Crippen LogP contribution in [0.2, 0.25) is 0 Å². The smallest absolute Gasteiger partial charge is 0.269 e. The molecule has 0 spiro atoms. The molecular weight excluding hydrogens is 286 g/mol. The van der Waals surface area contributed by atoms with Crippen LogP contribution in [0, 0.1) is 10.1 Å². The summed E-state index contributed by atoms with van der Waals surface area (Å²) in [6.07, 6.45) is 1.54. The normalized spacial score (nSPS) is 13.5. The molecule has 1 aromatic rings. The molecule has 0 aromatic heterocycles. The molecule has 0 radical (unpaired) electrons. The highest BCUT2D eigenvalue weighted by molar-refractivity contribution is 5.96. The lowest BCUT2D eigenvalue weighted by Crippen LogP contribution is -2.38. The fraction of sp³-hybridized carbons (Fsp3) is 0.533. The fourth-order valence-corrected chi connectivity index (χ4v) is 2.63. The average molecular weight is 307 g/mol. The summed E-state index contributed by atoms with van der Waals surface area (Å²) in [5, 5.41) is 10.8. The van der Waals surface area contributed by atoms with E-state index in [1.54, 1.807) is 24.1 Å². The minimum Gasteiger partial charge on any atom is -0.385 e. The van der Waals surface area contributed by atoms with Crippen molar-refractivity contribution in [3.8, 4) is 0 Å². The zero-order valence-electron chi connectivity index (χ0n) is 12.9. The maximum Gasteiger partial charge on any atom is 0.269 e. The topological polar surface area (TPSA) is 75.9 Å². The molecule has 0 bridgehead atoms. The molecule has 0 atom stereocenters. The van der Waals surface area contributed by atoms with Gasteiger partial charge in [0, 0.05) is 44.6 Å². The minimum atomic E-state index is -0.408. The summed E-state index contributed by atoms with van der Waals surface area (Å²) in [5.41, 5.74) is 1.73. The van der Waals surface area contributed by atoms with E-state index in [2.05, 4.69) is 0 Å². The van der Waals surface area contributed by atoms with Crippen molar-refractivity contribution >= 4 is 17.3 Å². The second-order valence-corrected chi connectivity index (χ2v) is 5.45. The molecule has 0 fully saturated rings. The van der Waals surface area contributed by atoms with E-state index in [1.165, 1.54) is 6.07 Å². The molecule has 0 saturated heterocycles. The standard InChI is InChI=1S/C15H21N3O4/c1-16(7-3-9-22-2)11-15(19)17-8-6-12-10-13(18(20)21)4-5-14(12)17/h4-5,10H,3,6-9,11H2,1-2H3. The number of rotatable bonds is 7. The first-order chi connectivity index (χ1) is 10.5. The number of hydrogen-bond donors (Lipinski definition) is 0. The Morgan fingerprint density at radius 2 is 2.27 bits per heavy atom. The molecule has 7 nitrogen and oxygen atoms in total. The van der Waals surface area contributed by atoms with Gasteiger partial charge in [-0.25, -0.2) is 0 Å². The summed E-state index contributed by atoms with van der Waals surface area (Å²) >= 11 is 0. The maximum absolute atomic E-state index is 12.4. The predicted octanol–water partition coefficient (Wildman–Crippen LogP) is 1.45. The number of likely N-dealkylation sites (N-methyl/N-ethyl adjacent to an activating group) is 1. The minimum absolute atomic E-state index is 0.0209. The van der Waals surface area contributed by atoms with E-state index in [4.69, 9.17) is 4.74 Å². The monoisotopic (exact) mass is 307 g/mol. The molecule has 1 aromatic carbocycles. The Balaban J connectivity index is 1.98. The molecule has 7 heteroatoms. The van der Waals surface area contributed by atoms with Crippen molar-refractivity contribution in [2.24, 2.45) is 0 Å². The summed E-state index contributed by atoms with van der Waals surface area (Å²) < 4.78 is 5.00. The van der Waals surface area contributed by atoms with Gasteiger partial charge in [0.25, 0.3) is 5.69 Å². The summed E-state index contributed by atoms with van der Waals surface area (Å²) in [6.45, 7) is 2.39. The first kappa shape index (κ1) is 16.4. The number of anilines is 1. The van der Waals surface area contributed by atoms with Crippen molar-refractivity contribution in [1.82, 2.24) is 4.90 Å². The fourth-order valence-electron chi connectivity index (χ4n) is 2.63. The summed E-state index contributed by atoms with van der Waals surface area (Å²) in [4.78, 5) is 26.5. The van der Waals surface area contributed by atoms with Gasteiger partial charge in [-0.1, -0.05) is 0 Å². The number of methoxy groups -OCH3 is 1. The van der Waals surface area contributed by atoms with E-state index < -0.39 is 4.92 Å². The zero-order valence-corrected chi connectivity index (χ0v) is 12.9. The molecule has 0 N–H and O–H groups in total. The lowest BCUT2D eigenvalue weighted by atomic mass is 10.1. The van der Waals surface area contributed by atoms with Gasteiger partial charge in [0.05, 0.1) is 11.5 Å². The van der Waals surface area contributed by atoms with E-state index in [1.807, 2.05) is 11.9 Å². The van der Waals surface area contributed by atoms with E-state index in [0.717, 1.165) is 24.2 Å². The first-order valence-electron chi connectivity index (χ1n) is 7.28. The van der Waals surface area contributed by atoms with Gasteiger partial charge < -0.3 is 9.64 Å². The highest BCUT2D eigenvalue weighted by atomic mass is 16.6. The van der Waals surface area contributed by atoms with Crippen LogP contribution in [0.4, 0.5) is 11.4 Å². The molecule has 2 rings (SSSR count). The number of fused-ring (bicyclic) bond motifs is 1. The van der Waals surface area contributed by atoms with Crippen molar-refractivity contribution in [1.29, 1.82) is 0 Å². The largest absolute Gasteiger partial charge is 0.385 e. The van der Waals surface area contributed by atoms with Gasteiger partial charge in [-0.2, -0.15) is 0 Å². The Morgan fingerprint density at radius 1 is 1.50 bits per heavy atom. The molecule has 120 valence electrons. The second-order valence-electron chi connectivity index (χ2n) is 5.45. The van der Waals surface area contributed by atoms with Gasteiger partial charge >= 0.3 is 0 Å².